The first-order valence-electron chi connectivity index (χ1n) is 13.3. The van der Waals surface area contributed by atoms with Crippen molar-refractivity contribution in [1.82, 2.24) is 4.98 Å². The van der Waals surface area contributed by atoms with E-state index in [0.29, 0.717) is 33.7 Å². The summed E-state index contributed by atoms with van der Waals surface area (Å²) in [5.41, 5.74) is 3.60. The molecule has 2 aromatic carbocycles. The third-order valence-corrected chi connectivity index (χ3v) is 8.20. The number of benzene rings is 2. The number of halogens is 1. The summed E-state index contributed by atoms with van der Waals surface area (Å²) in [5, 5.41) is 0.784. The van der Waals surface area contributed by atoms with Crippen molar-refractivity contribution in [2.45, 2.75) is 52.1 Å². The lowest BCUT2D eigenvalue weighted by molar-refractivity contribution is -0.142. The van der Waals surface area contributed by atoms with Crippen LogP contribution in [-0.2, 0) is 43.9 Å². The zero-order chi connectivity index (χ0) is 30.5. The molecule has 0 unspecified atom stereocenters. The smallest absolute Gasteiger partial charge is 0.310 e. The van der Waals surface area contributed by atoms with Crippen molar-refractivity contribution in [3.8, 4) is 16.9 Å². The Morgan fingerprint density at radius 1 is 1.10 bits per heavy atom. The molecule has 0 radical (unpaired) electrons. The SMILES string of the molecule is CCOC(=O)Cc1ccc(F)cc1OCc1cc(-c2ccnc(C=NS(=O)(=O)C(C)(C)C)c2)c2oc(COC)cc2c1. The van der Waals surface area contributed by atoms with Gasteiger partial charge in [0.1, 0.15) is 36.1 Å². The van der Waals surface area contributed by atoms with Gasteiger partial charge < -0.3 is 18.6 Å². The Labute approximate surface area is 244 Å². The van der Waals surface area contributed by atoms with E-state index in [1.54, 1.807) is 53.1 Å². The lowest BCUT2D eigenvalue weighted by Gasteiger charge is -2.14. The standard InChI is InChI=1S/C31H33FN2O7S/c1-6-39-29(35)15-22-7-8-24(32)16-28(22)40-18-20-11-23-14-26(19-38-5)41-30(23)27(12-20)21-9-10-33-25(13-21)17-34-42(36,37)31(2,3)4/h7-14,16-17H,6,15,18-19H2,1-5H3. The molecule has 2 heterocycles. The molecule has 0 aliphatic rings. The molecular formula is C31H33FN2O7S. The highest BCUT2D eigenvalue weighted by Gasteiger charge is 2.27. The second-order valence-electron chi connectivity index (χ2n) is 10.5. The van der Waals surface area contributed by atoms with Crippen LogP contribution in [0, 0.1) is 5.82 Å². The van der Waals surface area contributed by atoms with Gasteiger partial charge in [-0.25, -0.2) is 12.8 Å². The zero-order valence-electron chi connectivity index (χ0n) is 24.1. The van der Waals surface area contributed by atoms with Crippen LogP contribution in [0.3, 0.4) is 0 Å². The van der Waals surface area contributed by atoms with E-state index in [4.69, 9.17) is 18.6 Å². The van der Waals surface area contributed by atoms with Crippen LogP contribution >= 0.6 is 0 Å². The minimum absolute atomic E-state index is 0.0534. The van der Waals surface area contributed by atoms with E-state index >= 15 is 0 Å². The number of pyridine rings is 1. The Hall–Kier alpha value is -4.09. The minimum atomic E-state index is -3.74. The number of methoxy groups -OCH3 is 1. The van der Waals surface area contributed by atoms with Crippen molar-refractivity contribution in [3.05, 3.63) is 83.1 Å². The molecule has 0 spiro atoms. The number of hydrogen-bond acceptors (Lipinski definition) is 8. The molecule has 9 nitrogen and oxygen atoms in total. The molecule has 0 fully saturated rings. The summed E-state index contributed by atoms with van der Waals surface area (Å²) in [7, 11) is -2.17. The molecule has 4 rings (SSSR count). The van der Waals surface area contributed by atoms with Crippen molar-refractivity contribution in [2.24, 2.45) is 4.40 Å². The van der Waals surface area contributed by atoms with Gasteiger partial charge in [-0.1, -0.05) is 6.07 Å². The number of carbonyl (C=O) groups is 1. The number of aromatic nitrogens is 1. The molecular weight excluding hydrogens is 563 g/mol. The van der Waals surface area contributed by atoms with Crippen molar-refractivity contribution in [1.29, 1.82) is 0 Å². The molecule has 0 aliphatic carbocycles. The van der Waals surface area contributed by atoms with Gasteiger partial charge in [0.2, 0.25) is 0 Å². The molecule has 0 bridgehead atoms. The van der Waals surface area contributed by atoms with Gasteiger partial charge in [-0.05, 0) is 75.2 Å². The summed E-state index contributed by atoms with van der Waals surface area (Å²) in [6.45, 7) is 7.01. The van der Waals surface area contributed by atoms with Crippen LogP contribution in [0.25, 0.3) is 22.1 Å². The highest BCUT2D eigenvalue weighted by molar-refractivity contribution is 7.91. The summed E-state index contributed by atoms with van der Waals surface area (Å²) in [6, 6.07) is 13.1. The maximum atomic E-state index is 14.1. The number of ether oxygens (including phenoxy) is 3. The van der Waals surface area contributed by atoms with Crippen LogP contribution in [0.2, 0.25) is 0 Å². The van der Waals surface area contributed by atoms with E-state index in [1.165, 1.54) is 24.4 Å². The van der Waals surface area contributed by atoms with Gasteiger partial charge in [-0.3, -0.25) is 9.78 Å². The highest BCUT2D eigenvalue weighted by atomic mass is 32.2. The van der Waals surface area contributed by atoms with Crippen LogP contribution in [0.1, 0.15) is 50.3 Å². The molecule has 11 heteroatoms. The van der Waals surface area contributed by atoms with Crippen LogP contribution < -0.4 is 4.74 Å². The molecule has 0 saturated heterocycles. The van der Waals surface area contributed by atoms with Crippen LogP contribution in [0.15, 0.2) is 63.5 Å². The van der Waals surface area contributed by atoms with Gasteiger partial charge in [-0.15, -0.1) is 0 Å². The number of rotatable bonds is 11. The molecule has 42 heavy (non-hydrogen) atoms. The lowest BCUT2D eigenvalue weighted by atomic mass is 10.0. The van der Waals surface area contributed by atoms with E-state index in [1.807, 2.05) is 18.2 Å². The molecule has 4 aromatic rings. The van der Waals surface area contributed by atoms with Crippen molar-refractivity contribution >= 4 is 33.2 Å². The largest absolute Gasteiger partial charge is 0.488 e. The molecule has 0 atom stereocenters. The summed E-state index contributed by atoms with van der Waals surface area (Å²) >= 11 is 0. The van der Waals surface area contributed by atoms with Crippen molar-refractivity contribution in [3.63, 3.8) is 0 Å². The Kier molecular flexibility index (Phi) is 9.43. The van der Waals surface area contributed by atoms with Gasteiger partial charge in [0, 0.05) is 35.9 Å². The van der Waals surface area contributed by atoms with Crippen molar-refractivity contribution < 1.29 is 36.2 Å². The number of carbonyl (C=O) groups excluding carboxylic acids is 1. The number of esters is 1. The summed E-state index contributed by atoms with van der Waals surface area (Å²) in [6.07, 6.45) is 2.73. The fourth-order valence-corrected chi connectivity index (χ4v) is 4.65. The molecule has 0 aliphatic heterocycles. The lowest BCUT2D eigenvalue weighted by Crippen LogP contribution is -2.25. The Morgan fingerprint density at radius 2 is 1.88 bits per heavy atom. The first kappa shape index (κ1) is 30.9. The number of nitrogens with zero attached hydrogens (tertiary/aromatic N) is 2. The number of furan rings is 1. The van der Waals surface area contributed by atoms with Gasteiger partial charge in [0.15, 0.2) is 0 Å². The number of fused-ring (bicyclic) bond motifs is 1. The highest BCUT2D eigenvalue weighted by Crippen LogP contribution is 2.34. The Balaban J connectivity index is 1.71. The topological polar surface area (TPSA) is 117 Å². The van der Waals surface area contributed by atoms with E-state index in [2.05, 4.69) is 9.38 Å². The van der Waals surface area contributed by atoms with E-state index in [0.717, 1.165) is 10.9 Å². The monoisotopic (exact) mass is 596 g/mol. The predicted molar refractivity (Wildman–Crippen MR) is 157 cm³/mol. The first-order valence-corrected chi connectivity index (χ1v) is 14.7. The zero-order valence-corrected chi connectivity index (χ0v) is 25.0. The molecule has 0 saturated carbocycles. The first-order chi connectivity index (χ1) is 19.9. The summed E-state index contributed by atoms with van der Waals surface area (Å²) < 4.78 is 64.2. The van der Waals surface area contributed by atoms with Crippen LogP contribution in [0.5, 0.6) is 5.75 Å². The molecule has 0 amide bonds. The predicted octanol–water partition coefficient (Wildman–Crippen LogP) is 6.01. The average molecular weight is 597 g/mol. The quantitative estimate of drug-likeness (QED) is 0.153. The summed E-state index contributed by atoms with van der Waals surface area (Å²) in [4.78, 5) is 16.3. The second kappa shape index (κ2) is 12.8. The minimum Gasteiger partial charge on any atom is -0.488 e. The molecule has 2 aromatic heterocycles. The van der Waals surface area contributed by atoms with Gasteiger partial charge >= 0.3 is 5.97 Å². The molecule has 222 valence electrons. The average Bonchev–Trinajstić information content (AvgIpc) is 3.34. The molecule has 0 N–H and O–H groups in total. The number of sulfonamides is 1. The van der Waals surface area contributed by atoms with Crippen molar-refractivity contribution in [2.75, 3.05) is 13.7 Å². The fourth-order valence-electron chi connectivity index (χ4n) is 4.09. The van der Waals surface area contributed by atoms with E-state index < -0.39 is 26.6 Å². The van der Waals surface area contributed by atoms with Crippen LogP contribution in [-0.4, -0.2) is 44.0 Å². The van der Waals surface area contributed by atoms with Crippen LogP contribution in [0.4, 0.5) is 4.39 Å². The van der Waals surface area contributed by atoms with Gasteiger partial charge in [-0.2, -0.15) is 4.40 Å². The maximum absolute atomic E-state index is 14.1. The maximum Gasteiger partial charge on any atom is 0.310 e. The van der Waals surface area contributed by atoms with Gasteiger partial charge in [0.25, 0.3) is 10.0 Å². The van der Waals surface area contributed by atoms with E-state index in [-0.39, 0.29) is 32.0 Å². The third-order valence-electron chi connectivity index (χ3n) is 6.27. The summed E-state index contributed by atoms with van der Waals surface area (Å²) in [5.74, 6) is -0.0819. The Morgan fingerprint density at radius 3 is 2.60 bits per heavy atom. The number of hydrogen-bond donors (Lipinski definition) is 0. The van der Waals surface area contributed by atoms with Gasteiger partial charge in [0.05, 0.1) is 29.7 Å². The second-order valence-corrected chi connectivity index (χ2v) is 12.9. The normalized spacial score (nSPS) is 12.2. The van der Waals surface area contributed by atoms with E-state index in [9.17, 15) is 17.6 Å². The Bertz CT molecular complexity index is 1720. The fraction of sp³-hybridized carbons (Fsp3) is 0.323. The third kappa shape index (κ3) is 7.40.